The summed E-state index contributed by atoms with van der Waals surface area (Å²) in [6, 6.07) is 103. The fraction of sp³-hybridized carbons (Fsp3) is 0.0833. The molecule has 0 unspecified atom stereocenters. The van der Waals surface area contributed by atoms with Gasteiger partial charge in [0, 0.05) is 16.9 Å². The molecular weight excluding hydrogens is 879 g/mol. The summed E-state index contributed by atoms with van der Waals surface area (Å²) in [5, 5.41) is 0. The number of hydrogen-bond acceptors (Lipinski definition) is 1. The molecule has 73 heavy (non-hydrogen) atoms. The van der Waals surface area contributed by atoms with Crippen LogP contribution in [0.4, 0.5) is 17.1 Å². The highest BCUT2D eigenvalue weighted by Crippen LogP contribution is 2.61. The standard InChI is InChI=1S/C72H53N/c1-6-25-53(26-7-1)71(54-27-8-2-9-28-54)66-39-20-18-36-61(66)63-46-45-58(47-68(63)71)73(57-33-14-5-15-34-57)70-49-69-65(48-64(70)52-43-41-51(42-44-52)60-38-22-24-50-23-16-17-35-59(50)60)62-37-19-21-40-67(62)72(69,55-29-10-3-11-30-55)56-31-12-4-13-32-56/h1-15,18-22,24-34,36-49H,16-17,23,35H2. The molecule has 0 saturated carbocycles. The van der Waals surface area contributed by atoms with E-state index in [0.717, 1.165) is 29.9 Å². The average molecular weight is 932 g/mol. The van der Waals surface area contributed by atoms with Crippen LogP contribution < -0.4 is 4.90 Å². The van der Waals surface area contributed by atoms with E-state index in [4.69, 9.17) is 0 Å². The Morgan fingerprint density at radius 3 is 1.27 bits per heavy atom. The van der Waals surface area contributed by atoms with Gasteiger partial charge in [0.1, 0.15) is 0 Å². The second-order valence-electron chi connectivity index (χ2n) is 20.1. The van der Waals surface area contributed by atoms with Gasteiger partial charge in [0.25, 0.3) is 0 Å². The van der Waals surface area contributed by atoms with Crippen LogP contribution in [-0.2, 0) is 23.7 Å². The Kier molecular flexibility index (Phi) is 10.3. The summed E-state index contributed by atoms with van der Waals surface area (Å²) in [5.41, 5.74) is 25.4. The van der Waals surface area contributed by atoms with Crippen LogP contribution in [0.3, 0.4) is 0 Å². The van der Waals surface area contributed by atoms with Crippen molar-refractivity contribution in [2.24, 2.45) is 0 Å². The summed E-state index contributed by atoms with van der Waals surface area (Å²) >= 11 is 0. The van der Waals surface area contributed by atoms with Gasteiger partial charge in [-0.2, -0.15) is 0 Å². The highest BCUT2D eigenvalue weighted by Gasteiger charge is 2.48. The first-order valence-corrected chi connectivity index (χ1v) is 26.0. The minimum atomic E-state index is -0.588. The molecule has 0 saturated heterocycles. The number of nitrogens with zero attached hydrogens (tertiary/aromatic N) is 1. The van der Waals surface area contributed by atoms with Crippen molar-refractivity contribution in [2.45, 2.75) is 36.5 Å². The molecule has 0 heterocycles. The molecule has 0 aromatic heterocycles. The number of benzene rings is 11. The molecular formula is C72H53N. The lowest BCUT2D eigenvalue weighted by Gasteiger charge is -2.36. The summed E-state index contributed by atoms with van der Waals surface area (Å²) < 4.78 is 0. The first-order chi connectivity index (χ1) is 36.2. The van der Waals surface area contributed by atoms with Crippen LogP contribution in [-0.4, -0.2) is 0 Å². The van der Waals surface area contributed by atoms with Crippen LogP contribution in [0.5, 0.6) is 0 Å². The summed E-state index contributed by atoms with van der Waals surface area (Å²) in [7, 11) is 0. The number of aryl methyl sites for hydroxylation is 1. The Morgan fingerprint density at radius 1 is 0.274 bits per heavy atom. The van der Waals surface area contributed by atoms with Crippen LogP contribution in [0.2, 0.25) is 0 Å². The van der Waals surface area contributed by atoms with Crippen molar-refractivity contribution in [2.75, 3.05) is 4.90 Å². The Labute approximate surface area is 429 Å². The Bertz CT molecular complexity index is 3740. The van der Waals surface area contributed by atoms with E-state index >= 15 is 0 Å². The molecule has 11 aromatic carbocycles. The van der Waals surface area contributed by atoms with Crippen LogP contribution in [0.1, 0.15) is 68.5 Å². The summed E-state index contributed by atoms with van der Waals surface area (Å²) in [6.07, 6.45) is 4.82. The van der Waals surface area contributed by atoms with Crippen molar-refractivity contribution in [1.82, 2.24) is 0 Å². The molecule has 14 rings (SSSR count). The predicted molar refractivity (Wildman–Crippen MR) is 303 cm³/mol. The first-order valence-electron chi connectivity index (χ1n) is 26.0. The van der Waals surface area contributed by atoms with Crippen molar-refractivity contribution < 1.29 is 0 Å². The lowest BCUT2D eigenvalue weighted by atomic mass is 9.67. The zero-order valence-corrected chi connectivity index (χ0v) is 40.8. The molecule has 346 valence electrons. The van der Waals surface area contributed by atoms with E-state index in [1.54, 1.807) is 0 Å². The molecule has 0 bridgehead atoms. The van der Waals surface area contributed by atoms with E-state index in [0.29, 0.717) is 0 Å². The molecule has 3 aliphatic carbocycles. The highest BCUT2D eigenvalue weighted by molar-refractivity contribution is 5.98. The molecule has 1 heteroatoms. The molecule has 11 aromatic rings. The monoisotopic (exact) mass is 931 g/mol. The lowest BCUT2D eigenvalue weighted by molar-refractivity contribution is 0.687. The number of fused-ring (bicyclic) bond motifs is 7. The third-order valence-electron chi connectivity index (χ3n) is 16.4. The maximum absolute atomic E-state index is 2.56. The number of para-hydroxylation sites is 1. The van der Waals surface area contributed by atoms with Crippen molar-refractivity contribution in [3.8, 4) is 44.5 Å². The van der Waals surface area contributed by atoms with Gasteiger partial charge in [-0.25, -0.2) is 0 Å². The van der Waals surface area contributed by atoms with Crippen LogP contribution >= 0.6 is 0 Å². The molecule has 3 aliphatic rings. The van der Waals surface area contributed by atoms with E-state index in [2.05, 4.69) is 278 Å². The van der Waals surface area contributed by atoms with E-state index in [1.807, 2.05) is 0 Å². The van der Waals surface area contributed by atoms with Gasteiger partial charge in [-0.3, -0.25) is 0 Å². The predicted octanol–water partition coefficient (Wildman–Crippen LogP) is 18.1. The van der Waals surface area contributed by atoms with Gasteiger partial charge in [0.05, 0.1) is 16.5 Å². The summed E-state index contributed by atoms with van der Waals surface area (Å²) in [6.45, 7) is 0. The van der Waals surface area contributed by atoms with Gasteiger partial charge in [0.15, 0.2) is 0 Å². The topological polar surface area (TPSA) is 3.24 Å². The second-order valence-corrected chi connectivity index (χ2v) is 20.1. The molecule has 1 nitrogen and oxygen atoms in total. The Hall–Kier alpha value is -8.78. The van der Waals surface area contributed by atoms with Crippen molar-refractivity contribution in [3.05, 3.63) is 329 Å². The SMILES string of the molecule is c1ccc(N(c2ccc3c(c2)C(c2ccccc2)(c2ccccc2)c2ccccc2-3)c2cc3c(cc2-c2ccc(-c4cccc5c4CCCC5)cc2)-c2ccccc2C3(c2ccccc2)c2ccccc2)cc1. The van der Waals surface area contributed by atoms with Crippen LogP contribution in [0, 0.1) is 0 Å². The van der Waals surface area contributed by atoms with Gasteiger partial charge in [-0.1, -0.05) is 237 Å². The normalized spacial score (nSPS) is 14.3. The smallest absolute Gasteiger partial charge is 0.0714 e. The maximum atomic E-state index is 2.56. The molecule has 0 N–H and O–H groups in total. The lowest BCUT2D eigenvalue weighted by Crippen LogP contribution is -2.29. The Morgan fingerprint density at radius 2 is 0.712 bits per heavy atom. The van der Waals surface area contributed by atoms with Gasteiger partial charge in [0.2, 0.25) is 0 Å². The average Bonchev–Trinajstić information content (AvgIpc) is 3.94. The van der Waals surface area contributed by atoms with Crippen molar-refractivity contribution >= 4 is 17.1 Å². The third kappa shape index (κ3) is 6.62. The zero-order valence-electron chi connectivity index (χ0n) is 40.8. The van der Waals surface area contributed by atoms with E-state index in [9.17, 15) is 0 Å². The molecule has 0 spiro atoms. The molecule has 0 atom stereocenters. The van der Waals surface area contributed by atoms with Gasteiger partial charge in [-0.05, 0) is 157 Å². The van der Waals surface area contributed by atoms with Gasteiger partial charge >= 0.3 is 0 Å². The number of hydrogen-bond donors (Lipinski definition) is 0. The first kappa shape index (κ1) is 43.0. The highest BCUT2D eigenvalue weighted by atomic mass is 15.1. The number of rotatable bonds is 9. The third-order valence-corrected chi connectivity index (χ3v) is 16.4. The van der Waals surface area contributed by atoms with Crippen molar-refractivity contribution in [1.29, 1.82) is 0 Å². The maximum Gasteiger partial charge on any atom is 0.0714 e. The zero-order chi connectivity index (χ0) is 48.3. The fourth-order valence-corrected chi connectivity index (χ4v) is 13.3. The molecule has 0 fully saturated rings. The van der Waals surface area contributed by atoms with Crippen LogP contribution in [0.15, 0.2) is 273 Å². The van der Waals surface area contributed by atoms with Crippen LogP contribution in [0.25, 0.3) is 44.5 Å². The Balaban J connectivity index is 1.07. The largest absolute Gasteiger partial charge is 0.310 e. The van der Waals surface area contributed by atoms with E-state index < -0.39 is 10.8 Å². The van der Waals surface area contributed by atoms with Gasteiger partial charge in [-0.15, -0.1) is 0 Å². The molecule has 0 radical (unpaired) electrons. The molecule has 0 amide bonds. The minimum Gasteiger partial charge on any atom is -0.310 e. The fourth-order valence-electron chi connectivity index (χ4n) is 13.3. The summed E-state index contributed by atoms with van der Waals surface area (Å²) in [5.74, 6) is 0. The van der Waals surface area contributed by atoms with E-state index in [-0.39, 0.29) is 0 Å². The van der Waals surface area contributed by atoms with Crippen molar-refractivity contribution in [3.63, 3.8) is 0 Å². The number of anilines is 3. The quantitative estimate of drug-likeness (QED) is 0.139. The summed E-state index contributed by atoms with van der Waals surface area (Å²) in [4.78, 5) is 2.55. The van der Waals surface area contributed by atoms with Gasteiger partial charge < -0.3 is 4.90 Å². The minimum absolute atomic E-state index is 0.558. The second kappa shape index (κ2) is 17.5. The van der Waals surface area contributed by atoms with E-state index in [1.165, 1.54) is 113 Å². The molecule has 0 aliphatic heterocycles.